The van der Waals surface area contributed by atoms with E-state index in [-0.39, 0.29) is 17.3 Å². The minimum absolute atomic E-state index is 0.0193. The van der Waals surface area contributed by atoms with E-state index in [1.165, 1.54) is 19.4 Å². The molecule has 11 nitrogen and oxygen atoms in total. The van der Waals surface area contributed by atoms with E-state index in [1.54, 1.807) is 26.0 Å². The molecule has 0 aliphatic heterocycles. The lowest BCUT2D eigenvalue weighted by atomic mass is 9.50. The van der Waals surface area contributed by atoms with Gasteiger partial charge >= 0.3 is 5.97 Å². The molecule has 3 aliphatic rings. The third-order valence-corrected chi connectivity index (χ3v) is 6.95. The van der Waals surface area contributed by atoms with Crippen molar-refractivity contribution in [3.8, 4) is 5.75 Å². The Morgan fingerprint density at radius 2 is 1.89 bits per heavy atom. The molecule has 2 N–H and O–H groups in total. The van der Waals surface area contributed by atoms with Crippen LogP contribution in [0.1, 0.15) is 43.5 Å². The van der Waals surface area contributed by atoms with E-state index in [2.05, 4.69) is 15.6 Å². The summed E-state index contributed by atoms with van der Waals surface area (Å²) in [4.78, 5) is 32.6. The molecule has 2 bridgehead atoms. The van der Waals surface area contributed by atoms with E-state index >= 15 is 0 Å². The first-order valence-electron chi connectivity index (χ1n) is 12.5. The van der Waals surface area contributed by atoms with Gasteiger partial charge in [-0.15, -0.1) is 0 Å². The van der Waals surface area contributed by atoms with Gasteiger partial charge in [-0.2, -0.15) is 0 Å². The van der Waals surface area contributed by atoms with Crippen LogP contribution in [0.15, 0.2) is 24.4 Å². The number of ether oxygens (including phenoxy) is 2. The van der Waals surface area contributed by atoms with Crippen molar-refractivity contribution in [2.75, 3.05) is 56.9 Å². The van der Waals surface area contributed by atoms with Crippen LogP contribution >= 0.6 is 0 Å². The second kappa shape index (κ2) is 10.4. The fraction of sp³-hybridized carbons (Fsp3) is 0.538. The number of anilines is 4. The lowest BCUT2D eigenvalue weighted by Gasteiger charge is -2.62. The number of rotatable bonds is 12. The Labute approximate surface area is 217 Å². The summed E-state index contributed by atoms with van der Waals surface area (Å²) in [7, 11) is 7.24. The number of likely N-dealkylation sites (N-methyl/N-ethyl adjacent to an activating group) is 2. The van der Waals surface area contributed by atoms with Crippen molar-refractivity contribution in [3.63, 3.8) is 0 Å². The summed E-state index contributed by atoms with van der Waals surface area (Å²) in [6.45, 7) is 4.95. The first-order valence-corrected chi connectivity index (χ1v) is 12.5. The van der Waals surface area contributed by atoms with E-state index in [0.29, 0.717) is 40.7 Å². The number of nitrogens with zero attached hydrogens (tertiary/aromatic N) is 4. The number of hydrogen-bond acceptors (Lipinski definition) is 10. The van der Waals surface area contributed by atoms with Gasteiger partial charge in [-0.1, -0.05) is 0 Å². The summed E-state index contributed by atoms with van der Waals surface area (Å²) in [5, 5.41) is 18.7. The van der Waals surface area contributed by atoms with Crippen molar-refractivity contribution in [2.24, 2.45) is 5.92 Å². The smallest absolute Gasteiger partial charge is 0.342 e. The van der Waals surface area contributed by atoms with Crippen molar-refractivity contribution in [1.29, 1.82) is 0 Å². The molecule has 2 aromatic rings. The zero-order valence-electron chi connectivity index (χ0n) is 22.3. The highest BCUT2D eigenvalue weighted by atomic mass is 16.6. The van der Waals surface area contributed by atoms with Crippen molar-refractivity contribution in [2.45, 2.75) is 44.8 Å². The predicted octanol–water partition coefficient (Wildman–Crippen LogP) is 4.27. The van der Waals surface area contributed by atoms with Gasteiger partial charge in [0.25, 0.3) is 5.69 Å². The SMILES string of the molecule is COc1cc(N(C)CCN(C)C)c([N+](=O)[O-])cc1Nc1cc(NC23CC(C2)C3)c(C(=O)OC(C)C)cn1. The molecule has 3 fully saturated rings. The normalized spacial score (nSPS) is 19.6. The van der Waals surface area contributed by atoms with Crippen LogP contribution in [0.3, 0.4) is 0 Å². The number of nitro benzene ring substituents is 1. The Balaban J connectivity index is 1.65. The van der Waals surface area contributed by atoms with Crippen LogP contribution in [0.25, 0.3) is 0 Å². The largest absolute Gasteiger partial charge is 0.494 e. The molecule has 3 saturated carbocycles. The van der Waals surface area contributed by atoms with Crippen LogP contribution in [0, 0.1) is 16.0 Å². The molecule has 0 saturated heterocycles. The van der Waals surface area contributed by atoms with E-state index in [0.717, 1.165) is 31.7 Å². The molecule has 11 heteroatoms. The van der Waals surface area contributed by atoms with Crippen LogP contribution < -0.4 is 20.3 Å². The molecule has 1 aromatic heterocycles. The van der Waals surface area contributed by atoms with Gasteiger partial charge in [-0.05, 0) is 53.1 Å². The summed E-state index contributed by atoms with van der Waals surface area (Å²) in [5.74, 6) is 1.19. The summed E-state index contributed by atoms with van der Waals surface area (Å²) < 4.78 is 11.0. The van der Waals surface area contributed by atoms with Crippen molar-refractivity contribution in [1.82, 2.24) is 9.88 Å². The summed E-state index contributed by atoms with van der Waals surface area (Å²) >= 11 is 0. The summed E-state index contributed by atoms with van der Waals surface area (Å²) in [6, 6.07) is 4.86. The van der Waals surface area contributed by atoms with Crippen molar-refractivity contribution < 1.29 is 19.2 Å². The molecule has 200 valence electrons. The highest BCUT2D eigenvalue weighted by Crippen LogP contribution is 2.58. The number of esters is 1. The number of benzene rings is 1. The topological polar surface area (TPSA) is 122 Å². The Hall–Kier alpha value is -3.60. The lowest BCUT2D eigenvalue weighted by Crippen LogP contribution is -2.63. The quantitative estimate of drug-likeness (QED) is 0.242. The Morgan fingerprint density at radius 3 is 2.43 bits per heavy atom. The maximum absolute atomic E-state index is 12.7. The average Bonchev–Trinajstić information content (AvgIpc) is 2.78. The number of carbonyl (C=O) groups is 1. The third-order valence-electron chi connectivity index (χ3n) is 6.95. The van der Waals surface area contributed by atoms with Gasteiger partial charge in [0.05, 0.1) is 29.5 Å². The van der Waals surface area contributed by atoms with Gasteiger partial charge in [0.1, 0.15) is 22.8 Å². The van der Waals surface area contributed by atoms with Gasteiger partial charge in [0.2, 0.25) is 0 Å². The number of methoxy groups -OCH3 is 1. The molecule has 3 aliphatic carbocycles. The number of aromatic nitrogens is 1. The maximum Gasteiger partial charge on any atom is 0.342 e. The van der Waals surface area contributed by atoms with E-state index in [1.807, 2.05) is 30.9 Å². The van der Waals surface area contributed by atoms with E-state index in [9.17, 15) is 14.9 Å². The van der Waals surface area contributed by atoms with Gasteiger partial charge in [0.15, 0.2) is 0 Å². The Bertz CT molecular complexity index is 1170. The van der Waals surface area contributed by atoms with Crippen molar-refractivity contribution in [3.05, 3.63) is 40.1 Å². The van der Waals surface area contributed by atoms with Crippen LogP contribution in [0.4, 0.5) is 28.6 Å². The summed E-state index contributed by atoms with van der Waals surface area (Å²) in [6.07, 6.45) is 4.47. The van der Waals surface area contributed by atoms with Gasteiger partial charge < -0.3 is 29.9 Å². The van der Waals surface area contributed by atoms with E-state index < -0.39 is 10.9 Å². The fourth-order valence-corrected chi connectivity index (χ4v) is 4.87. The Kier molecular flexibility index (Phi) is 7.44. The van der Waals surface area contributed by atoms with E-state index in [4.69, 9.17) is 9.47 Å². The van der Waals surface area contributed by atoms with Gasteiger partial charge in [0, 0.05) is 50.1 Å². The zero-order valence-corrected chi connectivity index (χ0v) is 22.3. The molecular formula is C26H36N6O5. The minimum Gasteiger partial charge on any atom is -0.494 e. The average molecular weight is 513 g/mol. The highest BCUT2D eigenvalue weighted by Gasteiger charge is 2.56. The number of nitro groups is 1. The van der Waals surface area contributed by atoms with Gasteiger partial charge in [-0.25, -0.2) is 9.78 Å². The standard InChI is InChI=1S/C26H36N6O5/c1-16(2)37-25(33)18-15-27-24(10-19(18)29-26-12-17(13-26)14-26)28-20-9-22(32(34)35)21(11-23(20)36-6)31(5)8-7-30(3)4/h9-11,15-17H,7-8,12-14H2,1-6H3,(H2,27,28,29). The molecule has 0 spiro atoms. The number of carbonyl (C=O) groups excluding carboxylic acids is 1. The molecule has 1 heterocycles. The Morgan fingerprint density at radius 1 is 1.19 bits per heavy atom. The molecule has 1 aromatic carbocycles. The lowest BCUT2D eigenvalue weighted by molar-refractivity contribution is -0.384. The first kappa shape index (κ1) is 26.5. The predicted molar refractivity (Wildman–Crippen MR) is 143 cm³/mol. The molecule has 0 unspecified atom stereocenters. The van der Waals surface area contributed by atoms with Crippen LogP contribution in [0.2, 0.25) is 0 Å². The number of nitrogens with one attached hydrogen (secondary N) is 2. The second-order valence-electron chi connectivity index (χ2n) is 10.6. The van der Waals surface area contributed by atoms with Crippen LogP contribution in [0.5, 0.6) is 5.75 Å². The van der Waals surface area contributed by atoms with Gasteiger partial charge in [-0.3, -0.25) is 10.1 Å². The maximum atomic E-state index is 12.7. The molecule has 37 heavy (non-hydrogen) atoms. The highest BCUT2D eigenvalue weighted by molar-refractivity contribution is 5.96. The minimum atomic E-state index is -0.443. The fourth-order valence-electron chi connectivity index (χ4n) is 4.87. The molecule has 0 atom stereocenters. The summed E-state index contributed by atoms with van der Waals surface area (Å²) in [5.41, 5.74) is 1.83. The van der Waals surface area contributed by atoms with Crippen LogP contribution in [-0.4, -0.2) is 73.8 Å². The monoisotopic (exact) mass is 512 g/mol. The molecule has 0 radical (unpaired) electrons. The molecular weight excluding hydrogens is 476 g/mol. The first-order chi connectivity index (χ1) is 17.5. The molecule has 5 rings (SSSR count). The van der Waals surface area contributed by atoms with Crippen molar-refractivity contribution >= 4 is 34.5 Å². The van der Waals surface area contributed by atoms with Crippen LogP contribution in [-0.2, 0) is 4.74 Å². The number of hydrogen-bond donors (Lipinski definition) is 2. The third kappa shape index (κ3) is 5.71. The second-order valence-corrected chi connectivity index (χ2v) is 10.6. The molecule has 0 amide bonds. The zero-order chi connectivity index (χ0) is 26.9. The number of pyridine rings is 1.